The molecule has 0 bridgehead atoms. The SMILES string of the molecule is CC.CC(N)N.CCC.[HH]. The lowest BCUT2D eigenvalue weighted by Gasteiger charge is -1.83. The maximum Gasteiger partial charge on any atom is 0.0491 e. The molecule has 2 nitrogen and oxygen atoms in total. The molecule has 0 aromatic carbocycles. The van der Waals surface area contributed by atoms with E-state index in [-0.39, 0.29) is 7.59 Å². The number of nitrogens with two attached hydrogens (primary N) is 2. The van der Waals surface area contributed by atoms with Gasteiger partial charge in [0.05, 0.1) is 0 Å². The van der Waals surface area contributed by atoms with Crippen molar-refractivity contribution in [2.45, 2.75) is 47.2 Å². The summed E-state index contributed by atoms with van der Waals surface area (Å²) in [7, 11) is 0. The van der Waals surface area contributed by atoms with Crippen LogP contribution in [0.4, 0.5) is 0 Å². The molecule has 0 aliphatic heterocycles. The van der Waals surface area contributed by atoms with E-state index in [2.05, 4.69) is 13.8 Å². The van der Waals surface area contributed by atoms with Gasteiger partial charge in [0, 0.05) is 7.59 Å². The zero-order valence-corrected chi connectivity index (χ0v) is 7.44. The maximum atomic E-state index is 4.89. The predicted octanol–water partition coefficient (Wildman–Crippen LogP) is 1.94. The van der Waals surface area contributed by atoms with Gasteiger partial charge in [-0.3, -0.25) is 0 Å². The van der Waals surface area contributed by atoms with Crippen LogP contribution >= 0.6 is 0 Å². The molecule has 0 atom stereocenters. The van der Waals surface area contributed by atoms with Crippen molar-refractivity contribution in [1.29, 1.82) is 0 Å². The molecule has 0 aromatic heterocycles. The van der Waals surface area contributed by atoms with E-state index in [1.165, 1.54) is 6.42 Å². The van der Waals surface area contributed by atoms with Crippen LogP contribution in [0.25, 0.3) is 0 Å². The van der Waals surface area contributed by atoms with Crippen molar-refractivity contribution in [1.82, 2.24) is 0 Å². The Morgan fingerprint density at radius 1 is 1.22 bits per heavy atom. The lowest BCUT2D eigenvalue weighted by atomic mass is 10.6. The van der Waals surface area contributed by atoms with E-state index in [0.29, 0.717) is 0 Å². The van der Waals surface area contributed by atoms with Gasteiger partial charge in [0.15, 0.2) is 0 Å². The first-order chi connectivity index (χ1) is 4.15. The summed E-state index contributed by atoms with van der Waals surface area (Å²) in [4.78, 5) is 0. The predicted molar refractivity (Wildman–Crippen MR) is 47.3 cm³/mol. The number of hydrogen-bond acceptors (Lipinski definition) is 2. The summed E-state index contributed by atoms with van der Waals surface area (Å²) in [5, 5.41) is 0. The lowest BCUT2D eigenvalue weighted by molar-refractivity contribution is 0.790. The van der Waals surface area contributed by atoms with Crippen molar-refractivity contribution in [2.24, 2.45) is 11.5 Å². The molecule has 4 N–H and O–H groups in total. The molecule has 0 aliphatic rings. The zero-order valence-electron chi connectivity index (χ0n) is 7.44. The quantitative estimate of drug-likeness (QED) is 0.500. The van der Waals surface area contributed by atoms with Crippen LogP contribution in [0, 0.1) is 0 Å². The van der Waals surface area contributed by atoms with Crippen LogP contribution in [0.1, 0.15) is 42.5 Å². The van der Waals surface area contributed by atoms with Gasteiger partial charge >= 0.3 is 0 Å². The molecule has 0 aromatic rings. The highest BCUT2D eigenvalue weighted by molar-refractivity contribution is 4.28. The summed E-state index contributed by atoms with van der Waals surface area (Å²) in [6.07, 6.45) is 1.08. The molecule has 0 heterocycles. The largest absolute Gasteiger partial charge is 0.316 e. The van der Waals surface area contributed by atoms with Gasteiger partial charge in [-0.05, 0) is 6.92 Å². The molecule has 9 heavy (non-hydrogen) atoms. The minimum Gasteiger partial charge on any atom is -0.316 e. The van der Waals surface area contributed by atoms with Crippen LogP contribution in [0.3, 0.4) is 0 Å². The van der Waals surface area contributed by atoms with Crippen LogP contribution in [-0.2, 0) is 0 Å². The van der Waals surface area contributed by atoms with Crippen molar-refractivity contribution in [3.63, 3.8) is 0 Å². The third-order valence-corrected chi connectivity index (χ3v) is 0. The van der Waals surface area contributed by atoms with Gasteiger partial charge < -0.3 is 11.5 Å². The highest BCUT2D eigenvalue weighted by Crippen LogP contribution is 1.56. The van der Waals surface area contributed by atoms with Gasteiger partial charge in [-0.1, -0.05) is 34.1 Å². The fourth-order valence-electron chi connectivity index (χ4n) is 0. The summed E-state index contributed by atoms with van der Waals surface area (Å²) in [5.74, 6) is 0. The Hall–Kier alpha value is -0.0800. The first kappa shape index (κ1) is 16.0. The van der Waals surface area contributed by atoms with E-state index in [0.717, 1.165) is 0 Å². The van der Waals surface area contributed by atoms with Gasteiger partial charge in [-0.2, -0.15) is 0 Å². The normalized spacial score (nSPS) is 6.67. The van der Waals surface area contributed by atoms with Crippen molar-refractivity contribution in [2.75, 3.05) is 0 Å². The van der Waals surface area contributed by atoms with Gasteiger partial charge in [-0.15, -0.1) is 0 Å². The fraction of sp³-hybridized carbons (Fsp3) is 1.00. The van der Waals surface area contributed by atoms with Crippen molar-refractivity contribution in [3.8, 4) is 0 Å². The van der Waals surface area contributed by atoms with E-state index < -0.39 is 0 Å². The molecule has 0 saturated carbocycles. The van der Waals surface area contributed by atoms with Crippen molar-refractivity contribution < 1.29 is 1.43 Å². The van der Waals surface area contributed by atoms with Gasteiger partial charge in [0.25, 0.3) is 0 Å². The molecule has 0 spiro atoms. The monoisotopic (exact) mass is 136 g/mol. The van der Waals surface area contributed by atoms with E-state index in [1.807, 2.05) is 13.8 Å². The van der Waals surface area contributed by atoms with E-state index >= 15 is 0 Å². The molecule has 62 valence electrons. The molecular weight excluding hydrogens is 112 g/mol. The third kappa shape index (κ3) is 43400. The second-order valence-electron chi connectivity index (χ2n) is 1.57. The molecule has 0 saturated heterocycles. The first-order valence-electron chi connectivity index (χ1n) is 3.66. The van der Waals surface area contributed by atoms with Gasteiger partial charge in [0.2, 0.25) is 0 Å². The first-order valence-corrected chi connectivity index (χ1v) is 3.66. The molecule has 0 fully saturated rings. The van der Waals surface area contributed by atoms with Gasteiger partial charge in [-0.25, -0.2) is 0 Å². The maximum absolute atomic E-state index is 4.89. The Morgan fingerprint density at radius 3 is 1.22 bits per heavy atom. The summed E-state index contributed by atoms with van der Waals surface area (Å²) in [6, 6.07) is 0. The summed E-state index contributed by atoms with van der Waals surface area (Å²) in [6.45, 7) is 9.97. The Bertz CT molecular complexity index is 22.8. The van der Waals surface area contributed by atoms with Crippen LogP contribution in [0.15, 0.2) is 0 Å². The molecule has 0 unspecified atom stereocenters. The molecule has 0 amide bonds. The topological polar surface area (TPSA) is 52.0 Å². The second-order valence-corrected chi connectivity index (χ2v) is 1.57. The minimum atomic E-state index is -0.167. The number of hydrogen-bond donors (Lipinski definition) is 2. The summed E-state index contributed by atoms with van der Waals surface area (Å²) < 4.78 is 0. The van der Waals surface area contributed by atoms with E-state index in [4.69, 9.17) is 11.5 Å². The number of rotatable bonds is 0. The van der Waals surface area contributed by atoms with Crippen molar-refractivity contribution >= 4 is 0 Å². The smallest absolute Gasteiger partial charge is 0.0491 e. The van der Waals surface area contributed by atoms with Crippen LogP contribution < -0.4 is 11.5 Å². The highest BCUT2D eigenvalue weighted by Gasteiger charge is 1.66. The average Bonchev–Trinajstić information content (AvgIpc) is 1.71. The zero-order chi connectivity index (χ0) is 8.28. The Balaban J connectivity index is -0.0000000273. The molecule has 0 radical (unpaired) electrons. The standard InChI is InChI=1S/C3H8.C2H8N2.C2H6.H2/c1-3-2;1-2(3)4;1-2;/h3H2,1-2H3;2H,3-4H2,1H3;1-2H3;1H. The highest BCUT2D eigenvalue weighted by atomic mass is 14.8. The van der Waals surface area contributed by atoms with Crippen molar-refractivity contribution in [3.05, 3.63) is 0 Å². The molecular formula is C7H24N2. The molecule has 0 rings (SSSR count). The van der Waals surface area contributed by atoms with Gasteiger partial charge in [0.1, 0.15) is 0 Å². The van der Waals surface area contributed by atoms with Crippen LogP contribution in [0.2, 0.25) is 0 Å². The minimum absolute atomic E-state index is 0. The van der Waals surface area contributed by atoms with E-state index in [9.17, 15) is 0 Å². The third-order valence-electron chi connectivity index (χ3n) is 0. The Labute approximate surface area is 61.1 Å². The average molecular weight is 136 g/mol. The van der Waals surface area contributed by atoms with Crippen LogP contribution in [0.5, 0.6) is 0 Å². The lowest BCUT2D eigenvalue weighted by Crippen LogP contribution is -2.25. The Kier molecular flexibility index (Phi) is 43.8. The van der Waals surface area contributed by atoms with E-state index in [1.54, 1.807) is 6.92 Å². The molecule has 2 heteroatoms. The second kappa shape index (κ2) is 24.7. The summed E-state index contributed by atoms with van der Waals surface area (Å²) >= 11 is 0. The van der Waals surface area contributed by atoms with Crippen LogP contribution in [-0.4, -0.2) is 6.17 Å². The Morgan fingerprint density at radius 2 is 1.22 bits per heavy atom. The molecule has 0 aliphatic carbocycles. The fourth-order valence-corrected chi connectivity index (χ4v) is 0. The summed E-state index contributed by atoms with van der Waals surface area (Å²) in [5.41, 5.74) is 9.78.